The predicted octanol–water partition coefficient (Wildman–Crippen LogP) is 3.32. The summed E-state index contributed by atoms with van der Waals surface area (Å²) in [5.41, 5.74) is 7.41. The van der Waals surface area contributed by atoms with E-state index in [1.54, 1.807) is 13.0 Å². The van der Waals surface area contributed by atoms with Crippen molar-refractivity contribution in [3.05, 3.63) is 35.1 Å². The van der Waals surface area contributed by atoms with Crippen molar-refractivity contribution in [3.63, 3.8) is 0 Å². The standard InChI is InChI=1S/C13H18FN/c1-9-4-2-7-11(13(9)14)12(15)8-10-5-3-6-10/h2,4,7,10,12H,3,5-6,8,15H2,1H3. The third-order valence-electron chi connectivity index (χ3n) is 3.43. The SMILES string of the molecule is Cc1cccc(C(N)CC2CCC2)c1F. The van der Waals surface area contributed by atoms with Crippen LogP contribution in [0, 0.1) is 18.7 Å². The maximum Gasteiger partial charge on any atom is 0.130 e. The van der Waals surface area contributed by atoms with Gasteiger partial charge in [-0.05, 0) is 24.8 Å². The van der Waals surface area contributed by atoms with Gasteiger partial charge in [0.25, 0.3) is 0 Å². The van der Waals surface area contributed by atoms with Crippen LogP contribution >= 0.6 is 0 Å². The topological polar surface area (TPSA) is 26.0 Å². The molecular weight excluding hydrogens is 189 g/mol. The van der Waals surface area contributed by atoms with E-state index in [2.05, 4.69) is 0 Å². The molecule has 1 saturated carbocycles. The van der Waals surface area contributed by atoms with Gasteiger partial charge in [-0.2, -0.15) is 0 Å². The van der Waals surface area contributed by atoms with Gasteiger partial charge in [0, 0.05) is 11.6 Å². The molecule has 1 aliphatic carbocycles. The van der Waals surface area contributed by atoms with Gasteiger partial charge in [0.1, 0.15) is 5.82 Å². The van der Waals surface area contributed by atoms with Crippen molar-refractivity contribution < 1.29 is 4.39 Å². The largest absolute Gasteiger partial charge is 0.324 e. The second-order valence-electron chi connectivity index (χ2n) is 4.62. The van der Waals surface area contributed by atoms with Crippen molar-refractivity contribution in [1.82, 2.24) is 0 Å². The first-order valence-corrected chi connectivity index (χ1v) is 5.69. The molecule has 0 aliphatic heterocycles. The average molecular weight is 207 g/mol. The third-order valence-corrected chi connectivity index (χ3v) is 3.43. The van der Waals surface area contributed by atoms with Crippen molar-refractivity contribution >= 4 is 0 Å². The van der Waals surface area contributed by atoms with Gasteiger partial charge in [-0.1, -0.05) is 37.5 Å². The number of nitrogens with two attached hydrogens (primary N) is 1. The Balaban J connectivity index is 2.09. The molecule has 0 radical (unpaired) electrons. The Hall–Kier alpha value is -0.890. The Kier molecular flexibility index (Phi) is 3.06. The van der Waals surface area contributed by atoms with E-state index in [-0.39, 0.29) is 11.9 Å². The summed E-state index contributed by atoms with van der Waals surface area (Å²) in [4.78, 5) is 0. The highest BCUT2D eigenvalue weighted by atomic mass is 19.1. The van der Waals surface area contributed by atoms with Gasteiger partial charge >= 0.3 is 0 Å². The van der Waals surface area contributed by atoms with Crippen LogP contribution in [0.15, 0.2) is 18.2 Å². The molecule has 0 spiro atoms. The van der Waals surface area contributed by atoms with Crippen molar-refractivity contribution in [2.45, 2.75) is 38.6 Å². The Morgan fingerprint density at radius 1 is 1.47 bits per heavy atom. The molecule has 1 aromatic carbocycles. The fourth-order valence-corrected chi connectivity index (χ4v) is 2.17. The minimum absolute atomic E-state index is 0.121. The third kappa shape index (κ3) is 2.20. The molecule has 1 atom stereocenters. The molecule has 1 aliphatic rings. The zero-order chi connectivity index (χ0) is 10.8. The van der Waals surface area contributed by atoms with E-state index in [1.807, 2.05) is 12.1 Å². The lowest BCUT2D eigenvalue weighted by Gasteiger charge is -2.28. The number of hydrogen-bond acceptors (Lipinski definition) is 1. The zero-order valence-electron chi connectivity index (χ0n) is 9.17. The molecular formula is C13H18FN. The number of rotatable bonds is 3. The van der Waals surface area contributed by atoms with Crippen LogP contribution in [0.25, 0.3) is 0 Å². The van der Waals surface area contributed by atoms with Crippen LogP contribution in [0.3, 0.4) is 0 Å². The minimum Gasteiger partial charge on any atom is -0.324 e. The van der Waals surface area contributed by atoms with Gasteiger partial charge in [-0.15, -0.1) is 0 Å². The van der Waals surface area contributed by atoms with Crippen LogP contribution in [0.2, 0.25) is 0 Å². The summed E-state index contributed by atoms with van der Waals surface area (Å²) >= 11 is 0. The fourth-order valence-electron chi connectivity index (χ4n) is 2.17. The number of aryl methyl sites for hydroxylation is 1. The first kappa shape index (κ1) is 10.6. The first-order valence-electron chi connectivity index (χ1n) is 5.69. The summed E-state index contributed by atoms with van der Waals surface area (Å²) in [7, 11) is 0. The molecule has 0 aromatic heterocycles. The molecule has 1 fully saturated rings. The summed E-state index contributed by atoms with van der Waals surface area (Å²) in [5.74, 6) is 0.601. The van der Waals surface area contributed by atoms with Crippen molar-refractivity contribution in [1.29, 1.82) is 0 Å². The lowest BCUT2D eigenvalue weighted by Crippen LogP contribution is -2.21. The minimum atomic E-state index is -0.129. The molecule has 1 nitrogen and oxygen atoms in total. The van der Waals surface area contributed by atoms with Crippen LogP contribution in [-0.4, -0.2) is 0 Å². The first-order chi connectivity index (χ1) is 7.18. The summed E-state index contributed by atoms with van der Waals surface area (Å²) in [6.45, 7) is 1.79. The van der Waals surface area contributed by atoms with Crippen molar-refractivity contribution in [2.75, 3.05) is 0 Å². The zero-order valence-corrected chi connectivity index (χ0v) is 9.17. The maximum absolute atomic E-state index is 13.7. The van der Waals surface area contributed by atoms with Gasteiger partial charge in [-0.25, -0.2) is 4.39 Å². The average Bonchev–Trinajstić information content (AvgIpc) is 2.15. The molecule has 0 saturated heterocycles. The van der Waals surface area contributed by atoms with Gasteiger partial charge in [0.15, 0.2) is 0 Å². The van der Waals surface area contributed by atoms with Crippen LogP contribution < -0.4 is 5.73 Å². The lowest BCUT2D eigenvalue weighted by atomic mass is 9.79. The summed E-state index contributed by atoms with van der Waals surface area (Å²) in [6.07, 6.45) is 4.77. The number of halogens is 1. The van der Waals surface area contributed by atoms with E-state index in [0.717, 1.165) is 12.3 Å². The Morgan fingerprint density at radius 3 is 2.80 bits per heavy atom. The molecule has 15 heavy (non-hydrogen) atoms. The molecule has 1 unspecified atom stereocenters. The molecule has 82 valence electrons. The second kappa shape index (κ2) is 4.31. The highest BCUT2D eigenvalue weighted by Crippen LogP contribution is 2.34. The maximum atomic E-state index is 13.7. The summed E-state index contributed by atoms with van der Waals surface area (Å²) in [5, 5.41) is 0. The van der Waals surface area contributed by atoms with Gasteiger partial charge in [0.05, 0.1) is 0 Å². The molecule has 2 N–H and O–H groups in total. The van der Waals surface area contributed by atoms with Gasteiger partial charge < -0.3 is 5.73 Å². The van der Waals surface area contributed by atoms with Crippen LogP contribution in [0.1, 0.15) is 42.9 Å². The molecule has 0 heterocycles. The Labute approximate surface area is 90.5 Å². The quantitative estimate of drug-likeness (QED) is 0.808. The second-order valence-corrected chi connectivity index (χ2v) is 4.62. The van der Waals surface area contributed by atoms with Crippen LogP contribution in [0.5, 0.6) is 0 Å². The molecule has 0 bridgehead atoms. The predicted molar refractivity (Wildman–Crippen MR) is 60.0 cm³/mol. The van der Waals surface area contributed by atoms with E-state index < -0.39 is 0 Å². The lowest BCUT2D eigenvalue weighted by molar-refractivity contribution is 0.275. The van der Waals surface area contributed by atoms with E-state index in [1.165, 1.54) is 19.3 Å². The van der Waals surface area contributed by atoms with E-state index in [0.29, 0.717) is 11.1 Å². The highest BCUT2D eigenvalue weighted by molar-refractivity contribution is 5.27. The van der Waals surface area contributed by atoms with E-state index in [4.69, 9.17) is 5.73 Å². The van der Waals surface area contributed by atoms with Crippen molar-refractivity contribution in [3.8, 4) is 0 Å². The smallest absolute Gasteiger partial charge is 0.130 e. The van der Waals surface area contributed by atoms with Gasteiger partial charge in [0.2, 0.25) is 0 Å². The van der Waals surface area contributed by atoms with E-state index in [9.17, 15) is 4.39 Å². The number of benzene rings is 1. The molecule has 2 rings (SSSR count). The monoisotopic (exact) mass is 207 g/mol. The summed E-state index contributed by atoms with van der Waals surface area (Å²) in [6, 6.07) is 5.35. The molecule has 2 heteroatoms. The fraction of sp³-hybridized carbons (Fsp3) is 0.538. The summed E-state index contributed by atoms with van der Waals surface area (Å²) < 4.78 is 13.7. The van der Waals surface area contributed by atoms with Crippen LogP contribution in [0.4, 0.5) is 4.39 Å². The van der Waals surface area contributed by atoms with Crippen molar-refractivity contribution in [2.24, 2.45) is 11.7 Å². The van der Waals surface area contributed by atoms with Crippen LogP contribution in [-0.2, 0) is 0 Å². The normalized spacial score (nSPS) is 18.6. The number of hydrogen-bond donors (Lipinski definition) is 1. The Morgan fingerprint density at radius 2 is 2.20 bits per heavy atom. The van der Waals surface area contributed by atoms with Gasteiger partial charge in [-0.3, -0.25) is 0 Å². The Bertz CT molecular complexity index is 344. The molecule has 0 amide bonds. The van der Waals surface area contributed by atoms with E-state index >= 15 is 0 Å². The highest BCUT2D eigenvalue weighted by Gasteiger charge is 2.22. The molecule has 1 aromatic rings.